The van der Waals surface area contributed by atoms with Crippen LogP contribution in [-0.2, 0) is 0 Å². The highest BCUT2D eigenvalue weighted by atomic mass is 16.3. The molecule has 0 aromatic carbocycles. The number of hydrogen-bond donors (Lipinski definition) is 1. The van der Waals surface area contributed by atoms with Crippen LogP contribution in [0.15, 0.2) is 24.3 Å². The Balaban J connectivity index is 2.12. The Kier molecular flexibility index (Phi) is 6.47. The minimum absolute atomic E-state index is 0.381. The summed E-state index contributed by atoms with van der Waals surface area (Å²) in [5.41, 5.74) is -0.381. The van der Waals surface area contributed by atoms with Gasteiger partial charge in [-0.2, -0.15) is 0 Å². The van der Waals surface area contributed by atoms with Gasteiger partial charge in [0.1, 0.15) is 0 Å². The standard InChI is InChI=1S/C15H26O/c1-2-3-4-5-6-7-9-12-15(16)13-10-8-11-14-15/h3-4,7,9,16H,2,5-6,8,10-14H2,1H3. The molecular weight excluding hydrogens is 196 g/mol. The number of aliphatic hydroxyl groups is 1. The van der Waals surface area contributed by atoms with Gasteiger partial charge in [0.25, 0.3) is 0 Å². The van der Waals surface area contributed by atoms with Crippen molar-refractivity contribution in [2.24, 2.45) is 0 Å². The van der Waals surface area contributed by atoms with Crippen LogP contribution in [0, 0.1) is 0 Å². The Morgan fingerprint density at radius 2 is 1.56 bits per heavy atom. The van der Waals surface area contributed by atoms with E-state index in [1.165, 1.54) is 19.3 Å². The molecule has 1 nitrogen and oxygen atoms in total. The summed E-state index contributed by atoms with van der Waals surface area (Å²) in [6, 6.07) is 0. The normalized spacial score (nSPS) is 20.9. The van der Waals surface area contributed by atoms with E-state index in [4.69, 9.17) is 0 Å². The van der Waals surface area contributed by atoms with Gasteiger partial charge in [-0.1, -0.05) is 50.5 Å². The van der Waals surface area contributed by atoms with Crippen molar-refractivity contribution in [3.8, 4) is 0 Å². The largest absolute Gasteiger partial charge is 0.390 e. The fraction of sp³-hybridized carbons (Fsp3) is 0.733. The molecule has 1 saturated carbocycles. The molecule has 0 atom stereocenters. The highest BCUT2D eigenvalue weighted by molar-refractivity contribution is 4.94. The van der Waals surface area contributed by atoms with E-state index in [0.717, 1.165) is 38.5 Å². The third-order valence-corrected chi connectivity index (χ3v) is 3.35. The molecule has 1 N–H and O–H groups in total. The summed E-state index contributed by atoms with van der Waals surface area (Å²) in [4.78, 5) is 0. The van der Waals surface area contributed by atoms with E-state index >= 15 is 0 Å². The summed E-state index contributed by atoms with van der Waals surface area (Å²) < 4.78 is 0. The number of hydrogen-bond acceptors (Lipinski definition) is 1. The average molecular weight is 222 g/mol. The van der Waals surface area contributed by atoms with E-state index in [9.17, 15) is 5.11 Å². The van der Waals surface area contributed by atoms with Gasteiger partial charge in [0.2, 0.25) is 0 Å². The van der Waals surface area contributed by atoms with Crippen molar-refractivity contribution >= 4 is 0 Å². The van der Waals surface area contributed by atoms with Crippen LogP contribution < -0.4 is 0 Å². The molecule has 0 aromatic heterocycles. The minimum atomic E-state index is -0.381. The molecule has 0 unspecified atom stereocenters. The number of unbranched alkanes of at least 4 members (excludes halogenated alkanes) is 1. The first-order valence-electron chi connectivity index (χ1n) is 6.79. The zero-order chi connectivity index (χ0) is 11.7. The van der Waals surface area contributed by atoms with E-state index in [-0.39, 0.29) is 5.60 Å². The van der Waals surface area contributed by atoms with Crippen molar-refractivity contribution in [1.29, 1.82) is 0 Å². The molecular formula is C15H26O. The molecule has 0 saturated heterocycles. The Morgan fingerprint density at radius 1 is 0.938 bits per heavy atom. The Bertz CT molecular complexity index is 222. The maximum absolute atomic E-state index is 10.2. The van der Waals surface area contributed by atoms with Crippen molar-refractivity contribution in [2.45, 2.75) is 70.3 Å². The van der Waals surface area contributed by atoms with Gasteiger partial charge in [-0.05, 0) is 38.5 Å². The molecule has 0 amide bonds. The second-order valence-electron chi connectivity index (χ2n) is 4.92. The summed E-state index contributed by atoms with van der Waals surface area (Å²) in [6.45, 7) is 2.16. The van der Waals surface area contributed by atoms with Crippen molar-refractivity contribution < 1.29 is 5.11 Å². The van der Waals surface area contributed by atoms with Crippen LogP contribution >= 0.6 is 0 Å². The molecule has 16 heavy (non-hydrogen) atoms. The monoisotopic (exact) mass is 222 g/mol. The van der Waals surface area contributed by atoms with E-state index in [2.05, 4.69) is 31.2 Å². The molecule has 0 bridgehead atoms. The van der Waals surface area contributed by atoms with Crippen molar-refractivity contribution in [2.75, 3.05) is 0 Å². The van der Waals surface area contributed by atoms with Gasteiger partial charge in [0, 0.05) is 0 Å². The molecule has 92 valence electrons. The quantitative estimate of drug-likeness (QED) is 0.522. The molecule has 0 spiro atoms. The topological polar surface area (TPSA) is 20.2 Å². The number of allylic oxidation sites excluding steroid dienone is 3. The van der Waals surface area contributed by atoms with Crippen LogP contribution in [-0.4, -0.2) is 10.7 Å². The lowest BCUT2D eigenvalue weighted by molar-refractivity contribution is 0.00690. The van der Waals surface area contributed by atoms with Crippen molar-refractivity contribution in [3.05, 3.63) is 24.3 Å². The van der Waals surface area contributed by atoms with Gasteiger partial charge in [-0.3, -0.25) is 0 Å². The third kappa shape index (κ3) is 5.50. The van der Waals surface area contributed by atoms with E-state index in [1.54, 1.807) is 0 Å². The van der Waals surface area contributed by atoms with Crippen molar-refractivity contribution in [1.82, 2.24) is 0 Å². The maximum atomic E-state index is 10.2. The van der Waals surface area contributed by atoms with Crippen LogP contribution in [0.5, 0.6) is 0 Å². The molecule has 0 radical (unpaired) electrons. The fourth-order valence-corrected chi connectivity index (χ4v) is 2.31. The van der Waals surface area contributed by atoms with Gasteiger partial charge in [-0.15, -0.1) is 0 Å². The first-order chi connectivity index (χ1) is 7.77. The molecule has 1 heteroatoms. The molecule has 0 heterocycles. The Labute approximate surface area is 100 Å². The van der Waals surface area contributed by atoms with Crippen molar-refractivity contribution in [3.63, 3.8) is 0 Å². The van der Waals surface area contributed by atoms with Gasteiger partial charge in [-0.25, -0.2) is 0 Å². The second-order valence-corrected chi connectivity index (χ2v) is 4.92. The highest BCUT2D eigenvalue weighted by Gasteiger charge is 2.27. The maximum Gasteiger partial charge on any atom is 0.0682 e. The summed E-state index contributed by atoms with van der Waals surface area (Å²) in [6.07, 6.45) is 18.7. The SMILES string of the molecule is CCC=CCCC=CCC1(O)CCCCC1. The smallest absolute Gasteiger partial charge is 0.0682 e. The molecule has 1 aliphatic carbocycles. The third-order valence-electron chi connectivity index (χ3n) is 3.35. The zero-order valence-corrected chi connectivity index (χ0v) is 10.6. The van der Waals surface area contributed by atoms with E-state index < -0.39 is 0 Å². The molecule has 1 rings (SSSR count). The summed E-state index contributed by atoms with van der Waals surface area (Å²) in [5.74, 6) is 0. The van der Waals surface area contributed by atoms with Crippen LogP contribution in [0.25, 0.3) is 0 Å². The van der Waals surface area contributed by atoms with E-state index in [1.807, 2.05) is 0 Å². The zero-order valence-electron chi connectivity index (χ0n) is 10.6. The minimum Gasteiger partial charge on any atom is -0.390 e. The lowest BCUT2D eigenvalue weighted by atomic mass is 9.82. The first-order valence-corrected chi connectivity index (χ1v) is 6.79. The molecule has 1 fully saturated rings. The Hall–Kier alpha value is -0.560. The average Bonchev–Trinajstić information content (AvgIpc) is 2.29. The predicted molar refractivity (Wildman–Crippen MR) is 70.5 cm³/mol. The van der Waals surface area contributed by atoms with Crippen LogP contribution in [0.4, 0.5) is 0 Å². The second kappa shape index (κ2) is 7.67. The summed E-state index contributed by atoms with van der Waals surface area (Å²) in [7, 11) is 0. The molecule has 0 aromatic rings. The molecule has 1 aliphatic rings. The Morgan fingerprint density at radius 3 is 2.19 bits per heavy atom. The van der Waals surface area contributed by atoms with Gasteiger partial charge >= 0.3 is 0 Å². The molecule has 0 aliphatic heterocycles. The lowest BCUT2D eigenvalue weighted by Crippen LogP contribution is -2.30. The van der Waals surface area contributed by atoms with Gasteiger partial charge in [0.05, 0.1) is 5.60 Å². The van der Waals surface area contributed by atoms with Crippen LogP contribution in [0.2, 0.25) is 0 Å². The van der Waals surface area contributed by atoms with E-state index in [0.29, 0.717) is 0 Å². The summed E-state index contributed by atoms with van der Waals surface area (Å²) in [5, 5.41) is 10.2. The first kappa shape index (κ1) is 13.5. The van der Waals surface area contributed by atoms with Crippen LogP contribution in [0.1, 0.15) is 64.7 Å². The highest BCUT2D eigenvalue weighted by Crippen LogP contribution is 2.31. The lowest BCUT2D eigenvalue weighted by Gasteiger charge is -2.30. The fourth-order valence-electron chi connectivity index (χ4n) is 2.31. The van der Waals surface area contributed by atoms with Gasteiger partial charge < -0.3 is 5.11 Å². The van der Waals surface area contributed by atoms with Gasteiger partial charge in [0.15, 0.2) is 0 Å². The predicted octanol–water partition coefficient (Wildman–Crippen LogP) is 4.37. The number of rotatable bonds is 6. The van der Waals surface area contributed by atoms with Crippen LogP contribution in [0.3, 0.4) is 0 Å². The summed E-state index contributed by atoms with van der Waals surface area (Å²) >= 11 is 0.